The van der Waals surface area contributed by atoms with Crippen LogP contribution < -0.4 is 0 Å². The summed E-state index contributed by atoms with van der Waals surface area (Å²) in [5.41, 5.74) is 2.63. The minimum atomic E-state index is -0.522. The number of benzene rings is 1. The van der Waals surface area contributed by atoms with E-state index >= 15 is 0 Å². The fourth-order valence-corrected chi connectivity index (χ4v) is 3.87. The highest BCUT2D eigenvalue weighted by atomic mass is 16.6. The molecule has 4 rings (SSSR count). The summed E-state index contributed by atoms with van der Waals surface area (Å²) < 4.78 is 0. The summed E-state index contributed by atoms with van der Waals surface area (Å²) in [6, 6.07) is 7.77. The van der Waals surface area contributed by atoms with Crippen molar-refractivity contribution < 1.29 is 14.4 Å². The van der Waals surface area contributed by atoms with E-state index in [1.165, 1.54) is 0 Å². The maximum atomic E-state index is 12.8. The van der Waals surface area contributed by atoms with Gasteiger partial charge in [0.25, 0.3) is 5.91 Å². The van der Waals surface area contributed by atoms with E-state index in [1.807, 2.05) is 47.9 Å². The number of oxime groups is 1. The van der Waals surface area contributed by atoms with E-state index in [-0.39, 0.29) is 24.2 Å². The van der Waals surface area contributed by atoms with Gasteiger partial charge < -0.3 is 14.6 Å². The van der Waals surface area contributed by atoms with E-state index in [9.17, 15) is 9.59 Å². The van der Waals surface area contributed by atoms with Gasteiger partial charge in [0.2, 0.25) is 12.0 Å². The van der Waals surface area contributed by atoms with E-state index < -0.39 is 6.10 Å². The van der Waals surface area contributed by atoms with Gasteiger partial charge in [0.15, 0.2) is 0 Å². The molecular weight excluding hydrogens is 370 g/mol. The van der Waals surface area contributed by atoms with Crippen LogP contribution in [0.1, 0.15) is 32.4 Å². The second-order valence-electron chi connectivity index (χ2n) is 7.99. The predicted octanol–water partition coefficient (Wildman–Crippen LogP) is 1.97. The van der Waals surface area contributed by atoms with Gasteiger partial charge in [0.1, 0.15) is 0 Å². The highest BCUT2D eigenvalue weighted by molar-refractivity contribution is 5.94. The van der Waals surface area contributed by atoms with E-state index in [0.717, 1.165) is 28.7 Å². The molecule has 29 heavy (non-hydrogen) atoms. The van der Waals surface area contributed by atoms with Crippen molar-refractivity contribution in [2.75, 3.05) is 26.2 Å². The molecule has 0 radical (unpaired) electrons. The Morgan fingerprint density at radius 2 is 1.93 bits per heavy atom. The summed E-state index contributed by atoms with van der Waals surface area (Å²) in [4.78, 5) is 34.7. The van der Waals surface area contributed by atoms with Crippen molar-refractivity contribution in [3.05, 3.63) is 30.0 Å². The third-order valence-corrected chi connectivity index (χ3v) is 5.66. The minimum absolute atomic E-state index is 0.0294. The Kier molecular flexibility index (Phi) is 5.51. The Labute approximate surface area is 169 Å². The molecule has 1 atom stereocenters. The largest absolute Gasteiger partial charge is 0.382 e. The van der Waals surface area contributed by atoms with Crippen LogP contribution in [0.3, 0.4) is 0 Å². The Morgan fingerprint density at radius 1 is 1.17 bits per heavy atom. The van der Waals surface area contributed by atoms with Crippen LogP contribution in [0.2, 0.25) is 0 Å². The normalized spacial score (nSPS) is 20.0. The number of carbonyl (C=O) groups is 2. The Hall–Kier alpha value is -2.90. The van der Waals surface area contributed by atoms with E-state index in [2.05, 4.69) is 15.4 Å². The Morgan fingerprint density at radius 3 is 2.72 bits per heavy atom. The second kappa shape index (κ2) is 8.23. The molecule has 0 saturated carbocycles. The van der Waals surface area contributed by atoms with Gasteiger partial charge >= 0.3 is 0 Å². The van der Waals surface area contributed by atoms with Crippen molar-refractivity contribution in [2.45, 2.75) is 39.2 Å². The number of fused-ring (bicyclic) bond motifs is 1. The average Bonchev–Trinajstić information content (AvgIpc) is 3.29. The number of nitrogens with one attached hydrogen (secondary N) is 1. The number of amides is 2. The molecule has 2 aliphatic heterocycles. The van der Waals surface area contributed by atoms with E-state index in [4.69, 9.17) is 4.84 Å². The third-order valence-electron chi connectivity index (χ3n) is 5.66. The number of nitrogens with zero attached hydrogens (tertiary/aromatic N) is 4. The smallest absolute Gasteiger partial charge is 0.266 e. The monoisotopic (exact) mass is 397 g/mol. The molecule has 8 nitrogen and oxygen atoms in total. The molecule has 0 bridgehead atoms. The first-order valence-electron chi connectivity index (χ1n) is 10.2. The van der Waals surface area contributed by atoms with Crippen LogP contribution in [0.15, 0.2) is 29.4 Å². The number of H-pyrrole nitrogens is 1. The van der Waals surface area contributed by atoms with Crippen molar-refractivity contribution in [3.8, 4) is 0 Å². The van der Waals surface area contributed by atoms with Crippen LogP contribution in [0, 0.1) is 5.92 Å². The molecular formula is C21H27N5O3. The zero-order chi connectivity index (χ0) is 20.4. The summed E-state index contributed by atoms with van der Waals surface area (Å²) >= 11 is 0. The lowest BCUT2D eigenvalue weighted by molar-refractivity contribution is -0.142. The molecule has 2 aromatic rings. The van der Waals surface area contributed by atoms with Crippen LogP contribution in [0.25, 0.3) is 10.9 Å². The lowest BCUT2D eigenvalue weighted by atomic mass is 10.0. The van der Waals surface area contributed by atoms with Gasteiger partial charge in [-0.05, 0) is 18.4 Å². The lowest BCUT2D eigenvalue weighted by Gasteiger charge is -2.23. The summed E-state index contributed by atoms with van der Waals surface area (Å²) in [5.74, 6) is 0.304. The molecule has 1 aromatic carbocycles. The highest BCUT2D eigenvalue weighted by Gasteiger charge is 2.33. The van der Waals surface area contributed by atoms with Crippen molar-refractivity contribution in [1.29, 1.82) is 0 Å². The average molecular weight is 397 g/mol. The molecule has 1 fully saturated rings. The number of aromatic nitrogens is 2. The molecule has 2 amide bonds. The summed E-state index contributed by atoms with van der Waals surface area (Å²) in [7, 11) is 0. The van der Waals surface area contributed by atoms with Crippen molar-refractivity contribution in [1.82, 2.24) is 20.0 Å². The predicted molar refractivity (Wildman–Crippen MR) is 109 cm³/mol. The van der Waals surface area contributed by atoms with Gasteiger partial charge in [-0.3, -0.25) is 14.7 Å². The topological polar surface area (TPSA) is 90.9 Å². The van der Waals surface area contributed by atoms with E-state index in [0.29, 0.717) is 32.6 Å². The summed E-state index contributed by atoms with van der Waals surface area (Å²) in [6.07, 6.45) is 1.08. The first kappa shape index (κ1) is 19.4. The molecule has 8 heteroatoms. The summed E-state index contributed by atoms with van der Waals surface area (Å²) in [5, 5.41) is 12.3. The van der Waals surface area contributed by atoms with E-state index in [1.54, 1.807) is 0 Å². The number of aromatic amines is 1. The van der Waals surface area contributed by atoms with Crippen LogP contribution >= 0.6 is 0 Å². The van der Waals surface area contributed by atoms with Crippen LogP contribution in [-0.4, -0.2) is 69.8 Å². The SMILES string of the molecule is CC(C)C1=NOC(C(=O)N2CCCN(C(=O)Cc3[nH]nc4ccccc34)CC2)C1. The molecule has 1 aromatic heterocycles. The molecule has 1 unspecified atom stereocenters. The number of rotatable bonds is 4. The number of hydrogen-bond donors (Lipinski definition) is 1. The number of hydrogen-bond acceptors (Lipinski definition) is 5. The summed E-state index contributed by atoms with van der Waals surface area (Å²) in [6.45, 7) is 6.42. The van der Waals surface area contributed by atoms with Gasteiger partial charge in [-0.2, -0.15) is 5.10 Å². The Bertz CT molecular complexity index is 935. The first-order valence-corrected chi connectivity index (χ1v) is 10.2. The van der Waals surface area contributed by atoms with Gasteiger partial charge in [-0.15, -0.1) is 0 Å². The quantitative estimate of drug-likeness (QED) is 0.854. The van der Waals surface area contributed by atoms with Gasteiger partial charge in [0, 0.05) is 38.0 Å². The Balaban J connectivity index is 1.34. The molecule has 154 valence electrons. The van der Waals surface area contributed by atoms with Crippen LogP contribution in [0.4, 0.5) is 0 Å². The van der Waals surface area contributed by atoms with Crippen molar-refractivity contribution >= 4 is 28.4 Å². The van der Waals surface area contributed by atoms with Crippen LogP contribution in [-0.2, 0) is 20.8 Å². The number of carbonyl (C=O) groups excluding carboxylic acids is 2. The lowest BCUT2D eigenvalue weighted by Crippen LogP contribution is -2.42. The van der Waals surface area contributed by atoms with Gasteiger partial charge in [-0.25, -0.2) is 0 Å². The molecule has 2 aliphatic rings. The zero-order valence-corrected chi connectivity index (χ0v) is 16.9. The third kappa shape index (κ3) is 4.11. The number of para-hydroxylation sites is 1. The van der Waals surface area contributed by atoms with Gasteiger partial charge in [0.05, 0.1) is 23.3 Å². The second-order valence-corrected chi connectivity index (χ2v) is 7.99. The van der Waals surface area contributed by atoms with Crippen molar-refractivity contribution in [2.24, 2.45) is 11.1 Å². The van der Waals surface area contributed by atoms with Gasteiger partial charge in [-0.1, -0.05) is 37.2 Å². The fourth-order valence-electron chi connectivity index (χ4n) is 3.87. The maximum absolute atomic E-state index is 12.8. The maximum Gasteiger partial charge on any atom is 0.266 e. The zero-order valence-electron chi connectivity index (χ0n) is 16.9. The molecule has 3 heterocycles. The molecule has 0 spiro atoms. The van der Waals surface area contributed by atoms with Crippen LogP contribution in [0.5, 0.6) is 0 Å². The first-order chi connectivity index (χ1) is 14.0. The molecule has 1 N–H and O–H groups in total. The minimum Gasteiger partial charge on any atom is -0.382 e. The standard InChI is InChI=1S/C21H27N5O3/c1-14(2)17-12-19(29-24-17)21(28)26-9-5-8-25(10-11-26)20(27)13-18-15-6-3-4-7-16(15)22-23-18/h3-4,6-7,14,19H,5,8-13H2,1-2H3,(H,22,23). The molecule has 1 saturated heterocycles. The molecule has 0 aliphatic carbocycles. The van der Waals surface area contributed by atoms with Crippen molar-refractivity contribution in [3.63, 3.8) is 0 Å². The highest BCUT2D eigenvalue weighted by Crippen LogP contribution is 2.20. The fraction of sp³-hybridized carbons (Fsp3) is 0.524.